The van der Waals surface area contributed by atoms with Crippen LogP contribution < -0.4 is 11.1 Å². The molecule has 0 amide bonds. The first-order valence-corrected chi connectivity index (χ1v) is 11.8. The lowest BCUT2D eigenvalue weighted by Gasteiger charge is -2.55. The average Bonchev–Trinajstić information content (AvgIpc) is 2.84. The van der Waals surface area contributed by atoms with Crippen molar-refractivity contribution in [2.45, 2.75) is 87.4 Å². The monoisotopic (exact) mass is 450 g/mol. The van der Waals surface area contributed by atoms with Crippen LogP contribution in [0.3, 0.4) is 0 Å². The average molecular weight is 451 g/mol. The zero-order valence-corrected chi connectivity index (χ0v) is 18.7. The van der Waals surface area contributed by atoms with Crippen LogP contribution in [-0.2, 0) is 9.53 Å². The Labute approximate surface area is 189 Å². The molecular formula is C24H38N2O6. The molecule has 0 bridgehead atoms. The van der Waals surface area contributed by atoms with Crippen LogP contribution in [0.4, 0.5) is 5.69 Å². The van der Waals surface area contributed by atoms with Gasteiger partial charge in [-0.3, -0.25) is 4.79 Å². The fraction of sp³-hybridized carbons (Fsp3) is 0.708. The molecular weight excluding hydrogens is 412 g/mol. The van der Waals surface area contributed by atoms with Crippen molar-refractivity contribution in [1.29, 1.82) is 0 Å². The quantitative estimate of drug-likeness (QED) is 0.259. The molecule has 8 nitrogen and oxygen atoms in total. The minimum atomic E-state index is -2.83. The van der Waals surface area contributed by atoms with Crippen LogP contribution in [0.5, 0.6) is 0 Å². The van der Waals surface area contributed by atoms with Gasteiger partial charge in [-0.25, -0.2) is 0 Å². The molecule has 1 saturated carbocycles. The first kappa shape index (κ1) is 25.1. The van der Waals surface area contributed by atoms with E-state index < -0.39 is 34.9 Å². The molecule has 1 aromatic carbocycles. The van der Waals surface area contributed by atoms with Crippen LogP contribution in [0.25, 0.3) is 0 Å². The van der Waals surface area contributed by atoms with Gasteiger partial charge in [-0.05, 0) is 50.8 Å². The molecule has 2 fully saturated rings. The molecule has 1 aliphatic heterocycles. The number of carbonyl (C=O) groups excluding carboxylic acids is 1. The summed E-state index contributed by atoms with van der Waals surface area (Å²) >= 11 is 0. The molecule has 2 aliphatic rings. The van der Waals surface area contributed by atoms with Gasteiger partial charge >= 0.3 is 0 Å². The minimum absolute atomic E-state index is 0.0652. The molecule has 180 valence electrons. The molecule has 7 N–H and O–H groups in total. The highest BCUT2D eigenvalue weighted by Gasteiger charge is 2.69. The van der Waals surface area contributed by atoms with Gasteiger partial charge in [0.2, 0.25) is 5.79 Å². The summed E-state index contributed by atoms with van der Waals surface area (Å²) in [7, 11) is 0. The third kappa shape index (κ3) is 5.00. The van der Waals surface area contributed by atoms with Crippen LogP contribution in [-0.4, -0.2) is 62.6 Å². The number of Topliss-reactive ketones (excluding diaryl/α,β-unsaturated/α-hetero) is 1. The summed E-state index contributed by atoms with van der Waals surface area (Å²) < 4.78 is 5.68. The highest BCUT2D eigenvalue weighted by atomic mass is 16.7. The second-order valence-corrected chi connectivity index (χ2v) is 9.25. The number of hydrogen-bond donors (Lipinski definition) is 6. The van der Waals surface area contributed by atoms with Crippen molar-refractivity contribution in [2.24, 2.45) is 11.7 Å². The van der Waals surface area contributed by atoms with Crippen molar-refractivity contribution in [3.63, 3.8) is 0 Å². The van der Waals surface area contributed by atoms with E-state index in [9.17, 15) is 25.2 Å². The molecule has 1 aliphatic carbocycles. The van der Waals surface area contributed by atoms with E-state index in [1.54, 1.807) is 0 Å². The van der Waals surface area contributed by atoms with E-state index in [1.807, 2.05) is 30.3 Å². The van der Waals surface area contributed by atoms with Gasteiger partial charge in [0.1, 0.15) is 5.92 Å². The van der Waals surface area contributed by atoms with Gasteiger partial charge in [0.15, 0.2) is 17.2 Å². The van der Waals surface area contributed by atoms with Gasteiger partial charge in [0, 0.05) is 12.1 Å². The zero-order valence-electron chi connectivity index (χ0n) is 18.7. The molecule has 3 rings (SSSR count). The largest absolute Gasteiger partial charge is 0.379 e. The third-order valence-corrected chi connectivity index (χ3v) is 7.03. The number of para-hydroxylation sites is 1. The Hall–Kier alpha value is -1.55. The maximum absolute atomic E-state index is 13.6. The van der Waals surface area contributed by atoms with Gasteiger partial charge < -0.3 is 36.2 Å². The topological polar surface area (TPSA) is 145 Å². The number of anilines is 1. The molecule has 32 heavy (non-hydrogen) atoms. The molecule has 3 unspecified atom stereocenters. The smallest absolute Gasteiger partial charge is 0.210 e. The zero-order chi connectivity index (χ0) is 23.2. The van der Waals surface area contributed by atoms with E-state index in [-0.39, 0.29) is 19.4 Å². The Balaban J connectivity index is 1.87. The van der Waals surface area contributed by atoms with Crippen molar-refractivity contribution < 1.29 is 30.0 Å². The van der Waals surface area contributed by atoms with Crippen molar-refractivity contribution in [2.75, 3.05) is 18.5 Å². The van der Waals surface area contributed by atoms with E-state index >= 15 is 0 Å². The molecule has 8 heteroatoms. The fourth-order valence-corrected chi connectivity index (χ4v) is 5.00. The molecule has 1 saturated heterocycles. The van der Waals surface area contributed by atoms with Gasteiger partial charge in [-0.15, -0.1) is 0 Å². The second kappa shape index (κ2) is 10.6. The first-order valence-electron chi connectivity index (χ1n) is 11.8. The predicted octanol–water partition coefficient (Wildman–Crippen LogP) is 1.66. The molecule has 0 aromatic heterocycles. The van der Waals surface area contributed by atoms with E-state index in [0.717, 1.165) is 31.4 Å². The van der Waals surface area contributed by atoms with Crippen molar-refractivity contribution in [3.8, 4) is 0 Å². The number of nitrogens with one attached hydrogen (secondary N) is 1. The number of aliphatic hydroxyl groups is 4. The first-order chi connectivity index (χ1) is 15.2. The lowest BCUT2D eigenvalue weighted by molar-refractivity contribution is -0.434. The number of fused-ring (bicyclic) bond motifs is 1. The summed E-state index contributed by atoms with van der Waals surface area (Å²) in [4.78, 5) is 13.6. The second-order valence-electron chi connectivity index (χ2n) is 9.25. The molecule has 4 atom stereocenters. The number of ketones is 1. The third-order valence-electron chi connectivity index (χ3n) is 7.03. The van der Waals surface area contributed by atoms with Crippen molar-refractivity contribution in [1.82, 2.24) is 0 Å². The van der Waals surface area contributed by atoms with Gasteiger partial charge in [0.05, 0.1) is 12.6 Å². The number of rotatable bonds is 8. The van der Waals surface area contributed by atoms with Crippen molar-refractivity contribution in [3.05, 3.63) is 30.3 Å². The van der Waals surface area contributed by atoms with E-state index in [4.69, 9.17) is 10.5 Å². The Morgan fingerprint density at radius 1 is 1.03 bits per heavy atom. The predicted molar refractivity (Wildman–Crippen MR) is 121 cm³/mol. The Kier molecular flexibility index (Phi) is 8.30. The van der Waals surface area contributed by atoms with Gasteiger partial charge in [-0.2, -0.15) is 0 Å². The summed E-state index contributed by atoms with van der Waals surface area (Å²) in [6, 6.07) is 8.49. The maximum atomic E-state index is 13.6. The van der Waals surface area contributed by atoms with Crippen LogP contribution in [0, 0.1) is 5.92 Å². The SMILES string of the molecule is NCCCC[C@H](Nc1ccccc1)C(=O)C1COC2(O)CCCCCCCC2(O)C1(O)O. The number of nitrogens with two attached hydrogens (primary N) is 1. The highest BCUT2D eigenvalue weighted by molar-refractivity contribution is 5.90. The number of ether oxygens (including phenoxy) is 1. The number of hydrogen-bond acceptors (Lipinski definition) is 8. The molecule has 0 spiro atoms. The molecule has 1 aromatic rings. The number of benzene rings is 1. The van der Waals surface area contributed by atoms with Gasteiger partial charge in [0.25, 0.3) is 0 Å². The standard InChI is InChI=1S/C24H38N2O6/c25-16-10-7-13-20(26-18-11-5-4-6-12-18)21(27)19-17-32-23(29)15-9-3-1-2-8-14-22(23,28)24(19,30)31/h4-6,11-12,19-20,26,28-31H,1-3,7-10,13-17,25H2/t19?,20-,22?,23?/m0/s1. The Bertz CT molecular complexity index is 745. The fourth-order valence-electron chi connectivity index (χ4n) is 5.00. The molecule has 0 radical (unpaired) electrons. The summed E-state index contributed by atoms with van der Waals surface area (Å²) in [5.41, 5.74) is 3.98. The minimum Gasteiger partial charge on any atom is -0.379 e. The van der Waals surface area contributed by atoms with Crippen LogP contribution in [0.2, 0.25) is 0 Å². The van der Waals surface area contributed by atoms with Crippen LogP contribution >= 0.6 is 0 Å². The summed E-state index contributed by atoms with van der Waals surface area (Å²) in [6.07, 6.45) is 5.54. The lowest BCUT2D eigenvalue weighted by Crippen LogP contribution is -2.76. The lowest BCUT2D eigenvalue weighted by atomic mass is 9.69. The normalized spacial score (nSPS) is 31.5. The highest BCUT2D eigenvalue weighted by Crippen LogP contribution is 2.48. The van der Waals surface area contributed by atoms with E-state index in [2.05, 4.69) is 5.32 Å². The summed E-state index contributed by atoms with van der Waals surface area (Å²) in [5.74, 6) is -6.82. The number of carbonyl (C=O) groups is 1. The van der Waals surface area contributed by atoms with Gasteiger partial charge in [-0.1, -0.05) is 43.9 Å². The van der Waals surface area contributed by atoms with Crippen molar-refractivity contribution >= 4 is 11.5 Å². The van der Waals surface area contributed by atoms with Crippen LogP contribution in [0.1, 0.15) is 64.2 Å². The van der Waals surface area contributed by atoms with Crippen LogP contribution in [0.15, 0.2) is 30.3 Å². The van der Waals surface area contributed by atoms with E-state index in [0.29, 0.717) is 32.2 Å². The maximum Gasteiger partial charge on any atom is 0.210 e. The number of unbranched alkanes of at least 4 members (excludes halogenated alkanes) is 1. The Morgan fingerprint density at radius 3 is 2.38 bits per heavy atom. The summed E-state index contributed by atoms with van der Waals surface area (Å²) in [5, 5.41) is 48.2. The molecule has 1 heterocycles. The summed E-state index contributed by atoms with van der Waals surface area (Å²) in [6.45, 7) is 0.115. The Morgan fingerprint density at radius 2 is 1.69 bits per heavy atom. The van der Waals surface area contributed by atoms with E-state index in [1.165, 1.54) is 0 Å².